The highest BCUT2D eigenvalue weighted by molar-refractivity contribution is 5.90. The lowest BCUT2D eigenvalue weighted by atomic mass is 9.84. The van der Waals surface area contributed by atoms with Crippen LogP contribution in [0.15, 0.2) is 35.3 Å². The molecule has 0 spiro atoms. The summed E-state index contributed by atoms with van der Waals surface area (Å²) in [4.78, 5) is 72.6. The van der Waals surface area contributed by atoms with Crippen LogP contribution in [0.5, 0.6) is 0 Å². The number of alkyl carbamates (subject to hydrolysis) is 1. The summed E-state index contributed by atoms with van der Waals surface area (Å²) >= 11 is 0. The molecule has 2 aliphatic carbocycles. The third kappa shape index (κ3) is 9.60. The van der Waals surface area contributed by atoms with Gasteiger partial charge in [-0.2, -0.15) is 4.98 Å². The van der Waals surface area contributed by atoms with E-state index >= 15 is 0 Å². The lowest BCUT2D eigenvalue weighted by Gasteiger charge is -2.42. The summed E-state index contributed by atoms with van der Waals surface area (Å²) < 4.78 is 6.77. The number of amides is 5. The van der Waals surface area contributed by atoms with Crippen molar-refractivity contribution in [2.45, 2.75) is 116 Å². The number of carboxylic acid groups (broad SMARTS) is 1. The van der Waals surface area contributed by atoms with Crippen molar-refractivity contribution >= 4 is 29.9 Å². The number of urea groups is 1. The lowest BCUT2D eigenvalue weighted by molar-refractivity contribution is -0.138. The number of carbonyl (C=O) groups excluding carboxylic acids is 3. The maximum absolute atomic E-state index is 13.2. The quantitative estimate of drug-likeness (QED) is 0.314. The van der Waals surface area contributed by atoms with Crippen molar-refractivity contribution in [3.8, 4) is 5.69 Å². The van der Waals surface area contributed by atoms with Gasteiger partial charge >= 0.3 is 23.9 Å². The summed E-state index contributed by atoms with van der Waals surface area (Å²) in [5.74, 6) is -0.138. The first kappa shape index (κ1) is 38.6. The molecule has 1 saturated carbocycles. The number of fused-ring (bicyclic) bond motifs is 1. The van der Waals surface area contributed by atoms with Crippen LogP contribution >= 0.6 is 0 Å². The number of aryl methyl sites for hydroxylation is 1. The van der Waals surface area contributed by atoms with Gasteiger partial charge in [0.2, 0.25) is 5.91 Å². The molecule has 2 aromatic rings. The molecule has 0 bridgehead atoms. The molecule has 1 saturated heterocycles. The van der Waals surface area contributed by atoms with Gasteiger partial charge in [-0.3, -0.25) is 19.6 Å². The van der Waals surface area contributed by atoms with E-state index in [1.807, 2.05) is 6.07 Å². The molecule has 2 heterocycles. The molecule has 1 atom stereocenters. The van der Waals surface area contributed by atoms with Crippen molar-refractivity contribution in [1.82, 2.24) is 34.9 Å². The standard InChI is InChI=1S/C37H54N8O7/c1-7-44(27-14-10-26(11-15-27)38-34(49)50)28-12-8-25-23-29(13-9-24(25)22-28)45-17-16-30(40-33(45)48)39-32(47)43-20-18-42(19-21-43)31(46)37(5,6)41-35(51)52-36(2,3)4/h9,13,16-17,23,26-28,38H,7-8,10-12,14-15,18-22H2,1-6H3,(H,41,51)(H,49,50)(H,39,40,47,48). The van der Waals surface area contributed by atoms with E-state index in [-0.39, 0.29) is 43.9 Å². The van der Waals surface area contributed by atoms with Crippen LogP contribution in [0, 0.1) is 0 Å². The number of likely N-dealkylation sites (N-methyl/N-ethyl adjacent to an activating group) is 1. The number of nitrogens with zero attached hydrogens (tertiary/aromatic N) is 5. The Kier molecular flexibility index (Phi) is 11.8. The van der Waals surface area contributed by atoms with Crippen LogP contribution in [0.1, 0.15) is 84.8 Å². The molecule has 1 aliphatic heterocycles. The van der Waals surface area contributed by atoms with Crippen molar-refractivity contribution in [3.05, 3.63) is 52.1 Å². The maximum atomic E-state index is 13.2. The first-order valence-corrected chi connectivity index (χ1v) is 18.4. The van der Waals surface area contributed by atoms with Crippen molar-refractivity contribution in [1.29, 1.82) is 0 Å². The molecule has 5 amide bonds. The number of aromatic nitrogens is 2. The Labute approximate surface area is 305 Å². The molecule has 0 radical (unpaired) electrons. The molecule has 52 heavy (non-hydrogen) atoms. The van der Waals surface area contributed by atoms with Crippen LogP contribution in [0.2, 0.25) is 0 Å². The van der Waals surface area contributed by atoms with Gasteiger partial charge in [-0.15, -0.1) is 0 Å². The molecule has 1 aromatic carbocycles. The van der Waals surface area contributed by atoms with E-state index in [1.165, 1.54) is 15.7 Å². The van der Waals surface area contributed by atoms with Crippen LogP contribution < -0.4 is 21.6 Å². The summed E-state index contributed by atoms with van der Waals surface area (Å²) in [5, 5.41) is 17.1. The number of benzene rings is 1. The Morgan fingerprint density at radius 2 is 1.60 bits per heavy atom. The van der Waals surface area contributed by atoms with Gasteiger partial charge in [0, 0.05) is 50.5 Å². The number of ether oxygens (including phenoxy) is 1. The SMILES string of the molecule is CCN(C1CCC(NC(=O)O)CC1)C1CCc2cc(-n3ccc(NC(=O)N4CCN(C(=O)C(C)(C)NC(=O)OC(C)(C)C)CC4)nc3=O)ccc2C1. The minimum Gasteiger partial charge on any atom is -0.465 e. The first-order valence-electron chi connectivity index (χ1n) is 18.4. The molecule has 4 N–H and O–H groups in total. The number of piperazine rings is 1. The second-order valence-electron chi connectivity index (χ2n) is 15.6. The molecule has 2 fully saturated rings. The monoisotopic (exact) mass is 722 g/mol. The molecule has 1 unspecified atom stereocenters. The Morgan fingerprint density at radius 1 is 0.923 bits per heavy atom. The highest BCUT2D eigenvalue weighted by atomic mass is 16.6. The van der Waals surface area contributed by atoms with E-state index in [0.29, 0.717) is 17.8 Å². The summed E-state index contributed by atoms with van der Waals surface area (Å²) in [5.41, 5.74) is 0.807. The van der Waals surface area contributed by atoms with Gasteiger partial charge in [0.1, 0.15) is 17.0 Å². The van der Waals surface area contributed by atoms with Crippen molar-refractivity contribution < 1.29 is 29.0 Å². The van der Waals surface area contributed by atoms with Gasteiger partial charge in [-0.1, -0.05) is 13.0 Å². The Morgan fingerprint density at radius 3 is 2.21 bits per heavy atom. The number of rotatable bonds is 8. The number of nitrogens with one attached hydrogen (secondary N) is 3. The lowest BCUT2D eigenvalue weighted by Crippen LogP contribution is -2.60. The van der Waals surface area contributed by atoms with E-state index in [0.717, 1.165) is 51.5 Å². The minimum atomic E-state index is -1.19. The topological polar surface area (TPSA) is 178 Å². The first-order chi connectivity index (χ1) is 24.5. The number of anilines is 1. The van der Waals surface area contributed by atoms with E-state index in [2.05, 4.69) is 44.9 Å². The Bertz CT molecular complexity index is 1690. The number of hydrogen-bond acceptors (Lipinski definition) is 8. The van der Waals surface area contributed by atoms with E-state index in [4.69, 9.17) is 9.84 Å². The zero-order chi connectivity index (χ0) is 37.8. The van der Waals surface area contributed by atoms with Gasteiger partial charge in [-0.05, 0) is 115 Å². The van der Waals surface area contributed by atoms with Gasteiger partial charge in [0.15, 0.2) is 0 Å². The molecular formula is C37H54N8O7. The van der Waals surface area contributed by atoms with Crippen LogP contribution in [0.3, 0.4) is 0 Å². The second kappa shape index (κ2) is 15.9. The van der Waals surface area contributed by atoms with Gasteiger partial charge in [0.05, 0.1) is 5.69 Å². The van der Waals surface area contributed by atoms with Crippen LogP contribution in [-0.2, 0) is 22.4 Å². The largest absolute Gasteiger partial charge is 0.465 e. The molecule has 1 aromatic heterocycles. The molecular weight excluding hydrogens is 668 g/mol. The highest BCUT2D eigenvalue weighted by Gasteiger charge is 2.37. The highest BCUT2D eigenvalue weighted by Crippen LogP contribution is 2.31. The summed E-state index contributed by atoms with van der Waals surface area (Å²) in [6.45, 7) is 12.7. The fourth-order valence-electron chi connectivity index (χ4n) is 7.67. The fourth-order valence-corrected chi connectivity index (χ4v) is 7.67. The average Bonchev–Trinajstić information content (AvgIpc) is 3.07. The van der Waals surface area contributed by atoms with Crippen molar-refractivity contribution in [2.75, 3.05) is 38.0 Å². The predicted octanol–water partition coefficient (Wildman–Crippen LogP) is 3.97. The Balaban J connectivity index is 1.13. The molecule has 15 nitrogen and oxygen atoms in total. The number of carbonyl (C=O) groups is 4. The summed E-state index contributed by atoms with van der Waals surface area (Å²) in [6, 6.07) is 8.17. The predicted molar refractivity (Wildman–Crippen MR) is 196 cm³/mol. The van der Waals surface area contributed by atoms with Gasteiger partial charge in [-0.25, -0.2) is 19.2 Å². The van der Waals surface area contributed by atoms with Crippen molar-refractivity contribution in [2.24, 2.45) is 0 Å². The van der Waals surface area contributed by atoms with Crippen LogP contribution in [-0.4, -0.2) is 115 Å². The molecule has 15 heteroatoms. The van der Waals surface area contributed by atoms with E-state index in [1.54, 1.807) is 56.7 Å². The molecule has 284 valence electrons. The zero-order valence-corrected chi connectivity index (χ0v) is 31.2. The van der Waals surface area contributed by atoms with Gasteiger partial charge < -0.3 is 30.3 Å². The maximum Gasteiger partial charge on any atom is 0.408 e. The average molecular weight is 723 g/mol. The van der Waals surface area contributed by atoms with Crippen LogP contribution in [0.4, 0.5) is 20.2 Å². The smallest absolute Gasteiger partial charge is 0.408 e. The third-order valence-corrected chi connectivity index (χ3v) is 10.2. The number of hydrogen-bond donors (Lipinski definition) is 4. The van der Waals surface area contributed by atoms with Crippen LogP contribution in [0.25, 0.3) is 5.69 Å². The van der Waals surface area contributed by atoms with E-state index in [9.17, 15) is 24.0 Å². The van der Waals surface area contributed by atoms with Crippen molar-refractivity contribution in [3.63, 3.8) is 0 Å². The third-order valence-electron chi connectivity index (χ3n) is 10.2. The molecule has 5 rings (SSSR count). The summed E-state index contributed by atoms with van der Waals surface area (Å²) in [7, 11) is 0. The van der Waals surface area contributed by atoms with E-state index < -0.39 is 35.0 Å². The second-order valence-corrected chi connectivity index (χ2v) is 15.6. The minimum absolute atomic E-state index is 0.0390. The van der Waals surface area contributed by atoms with Gasteiger partial charge in [0.25, 0.3) is 0 Å². The zero-order valence-electron chi connectivity index (χ0n) is 31.2. The Hall–Kier alpha value is -4.66. The molecule has 3 aliphatic rings. The fraction of sp³-hybridized carbons (Fsp3) is 0.622. The normalized spacial score (nSPS) is 20.9. The summed E-state index contributed by atoms with van der Waals surface area (Å²) in [6.07, 6.45) is 6.52.